The highest BCUT2D eigenvalue weighted by atomic mass is 19.2. The summed E-state index contributed by atoms with van der Waals surface area (Å²) in [6, 6.07) is 6.89. The summed E-state index contributed by atoms with van der Waals surface area (Å²) in [4.78, 5) is 26.3. The van der Waals surface area contributed by atoms with Gasteiger partial charge in [0.25, 0.3) is 0 Å². The number of carbonyl (C=O) groups is 2. The third-order valence-electron chi connectivity index (χ3n) is 5.00. The maximum Gasteiger partial charge on any atom is 0.243 e. The summed E-state index contributed by atoms with van der Waals surface area (Å²) >= 11 is 0. The Morgan fingerprint density at radius 2 is 1.81 bits per heavy atom. The van der Waals surface area contributed by atoms with Crippen molar-refractivity contribution in [2.45, 2.75) is 19.1 Å². The lowest BCUT2D eigenvalue weighted by Crippen LogP contribution is -2.51. The molecule has 0 spiro atoms. The van der Waals surface area contributed by atoms with Gasteiger partial charge in [-0.05, 0) is 36.8 Å². The number of carbonyl (C=O) groups excluding carboxylic acids is 2. The molecule has 0 aromatic heterocycles. The van der Waals surface area contributed by atoms with Crippen molar-refractivity contribution >= 4 is 17.5 Å². The van der Waals surface area contributed by atoms with Crippen molar-refractivity contribution in [2.75, 3.05) is 31.6 Å². The number of hydrogen-bond acceptors (Lipinski definition) is 4. The number of halogens is 4. The number of ether oxygens (including phenoxy) is 1. The molecule has 0 saturated carbocycles. The van der Waals surface area contributed by atoms with Crippen LogP contribution in [0.25, 0.3) is 0 Å². The molecule has 1 aliphatic heterocycles. The van der Waals surface area contributed by atoms with Crippen molar-refractivity contribution in [3.05, 3.63) is 65.2 Å². The van der Waals surface area contributed by atoms with Gasteiger partial charge in [-0.1, -0.05) is 12.1 Å². The number of amides is 2. The predicted octanol–water partition coefficient (Wildman–Crippen LogP) is 2.76. The topological polar surface area (TPSA) is 70.7 Å². The van der Waals surface area contributed by atoms with Gasteiger partial charge in [0.05, 0.1) is 31.0 Å². The Balaban J connectivity index is 1.52. The summed E-state index contributed by atoms with van der Waals surface area (Å²) in [6.45, 7) is 2.43. The molecule has 0 aliphatic carbocycles. The van der Waals surface area contributed by atoms with E-state index in [1.807, 2.05) is 4.90 Å². The fraction of sp³-hybridized carbons (Fsp3) is 0.333. The highest BCUT2D eigenvalue weighted by Crippen LogP contribution is 2.24. The number of nitrogens with one attached hydrogen (secondary N) is 2. The third-order valence-corrected chi connectivity index (χ3v) is 5.00. The number of anilines is 1. The number of hydrogen-bond donors (Lipinski definition) is 2. The normalized spacial score (nSPS) is 17.8. The minimum absolute atomic E-state index is 0.329. The fourth-order valence-corrected chi connectivity index (χ4v) is 3.20. The molecule has 2 unspecified atom stereocenters. The first kappa shape index (κ1) is 22.7. The van der Waals surface area contributed by atoms with Crippen LogP contribution in [0.2, 0.25) is 0 Å². The van der Waals surface area contributed by atoms with Crippen LogP contribution in [0.3, 0.4) is 0 Å². The van der Waals surface area contributed by atoms with E-state index in [1.165, 1.54) is 12.1 Å². The zero-order chi connectivity index (χ0) is 22.5. The molecular formula is C21H21F4N3O3. The molecular weight excluding hydrogens is 418 g/mol. The van der Waals surface area contributed by atoms with Gasteiger partial charge in [0.2, 0.25) is 11.8 Å². The van der Waals surface area contributed by atoms with Gasteiger partial charge in [0.1, 0.15) is 5.82 Å². The summed E-state index contributed by atoms with van der Waals surface area (Å²) in [6.07, 6.45) is -0.329. The molecule has 2 aromatic carbocycles. The first-order valence-electron chi connectivity index (χ1n) is 9.58. The summed E-state index contributed by atoms with van der Waals surface area (Å²) in [5.74, 6) is -6.18. The Bertz CT molecular complexity index is 956. The molecule has 2 aromatic rings. The van der Waals surface area contributed by atoms with Gasteiger partial charge in [-0.2, -0.15) is 0 Å². The number of morpholine rings is 1. The second kappa shape index (κ2) is 9.88. The predicted molar refractivity (Wildman–Crippen MR) is 104 cm³/mol. The third kappa shape index (κ3) is 5.59. The van der Waals surface area contributed by atoms with Crippen molar-refractivity contribution in [1.82, 2.24) is 10.2 Å². The molecule has 0 bridgehead atoms. The van der Waals surface area contributed by atoms with Crippen LogP contribution in [-0.4, -0.2) is 49.0 Å². The lowest BCUT2D eigenvalue weighted by Gasteiger charge is -2.36. The number of benzene rings is 2. The summed E-state index contributed by atoms with van der Waals surface area (Å²) < 4.78 is 58.7. The van der Waals surface area contributed by atoms with Gasteiger partial charge in [-0.3, -0.25) is 14.5 Å². The van der Waals surface area contributed by atoms with Crippen LogP contribution >= 0.6 is 0 Å². The maximum absolute atomic E-state index is 13.6. The lowest BCUT2D eigenvalue weighted by atomic mass is 10.1. The lowest BCUT2D eigenvalue weighted by molar-refractivity contribution is -0.131. The van der Waals surface area contributed by atoms with E-state index in [2.05, 4.69) is 10.6 Å². The molecule has 166 valence electrons. The Labute approximate surface area is 176 Å². The monoisotopic (exact) mass is 439 g/mol. The summed E-state index contributed by atoms with van der Waals surface area (Å²) in [5, 5.41) is 4.52. The minimum atomic E-state index is -1.70. The minimum Gasteiger partial charge on any atom is -0.371 e. The molecule has 2 atom stereocenters. The van der Waals surface area contributed by atoms with Crippen molar-refractivity contribution < 1.29 is 31.9 Å². The zero-order valence-electron chi connectivity index (χ0n) is 16.6. The molecule has 10 heteroatoms. The van der Waals surface area contributed by atoms with Gasteiger partial charge in [-0.15, -0.1) is 0 Å². The van der Waals surface area contributed by atoms with Gasteiger partial charge in [0.15, 0.2) is 17.5 Å². The van der Waals surface area contributed by atoms with E-state index < -0.39 is 47.5 Å². The van der Waals surface area contributed by atoms with Crippen LogP contribution in [0.5, 0.6) is 0 Å². The van der Waals surface area contributed by atoms with Crippen LogP contribution in [-0.2, 0) is 14.3 Å². The van der Waals surface area contributed by atoms with Gasteiger partial charge in [-0.25, -0.2) is 17.6 Å². The van der Waals surface area contributed by atoms with Crippen LogP contribution in [0, 0.1) is 23.3 Å². The highest BCUT2D eigenvalue weighted by molar-refractivity contribution is 5.95. The van der Waals surface area contributed by atoms with Gasteiger partial charge >= 0.3 is 0 Å². The van der Waals surface area contributed by atoms with Crippen LogP contribution in [0.1, 0.15) is 18.6 Å². The summed E-state index contributed by atoms with van der Waals surface area (Å²) in [7, 11) is 0. The van der Waals surface area contributed by atoms with Crippen molar-refractivity contribution in [1.29, 1.82) is 0 Å². The Morgan fingerprint density at radius 1 is 1.10 bits per heavy atom. The molecule has 1 aliphatic rings. The highest BCUT2D eigenvalue weighted by Gasteiger charge is 2.29. The van der Waals surface area contributed by atoms with E-state index in [0.717, 1.165) is 11.6 Å². The maximum atomic E-state index is 13.6. The average molecular weight is 439 g/mol. The van der Waals surface area contributed by atoms with E-state index >= 15 is 0 Å². The van der Waals surface area contributed by atoms with Gasteiger partial charge < -0.3 is 15.4 Å². The van der Waals surface area contributed by atoms with E-state index in [0.29, 0.717) is 25.8 Å². The van der Waals surface area contributed by atoms with E-state index in [-0.39, 0.29) is 11.9 Å². The SMILES string of the molecule is CC(C(=O)NCC(=O)Nc1ccc(F)c(F)c1F)N1CCOC(c2ccc(F)cc2)C1. The number of rotatable bonds is 6. The van der Waals surface area contributed by atoms with E-state index in [4.69, 9.17) is 4.74 Å². The molecule has 1 fully saturated rings. The molecule has 0 radical (unpaired) electrons. The Morgan fingerprint density at radius 3 is 2.52 bits per heavy atom. The molecule has 2 N–H and O–H groups in total. The van der Waals surface area contributed by atoms with Crippen LogP contribution in [0.15, 0.2) is 36.4 Å². The molecule has 1 saturated heterocycles. The van der Waals surface area contributed by atoms with E-state index in [1.54, 1.807) is 19.1 Å². The van der Waals surface area contributed by atoms with Crippen LogP contribution in [0.4, 0.5) is 23.2 Å². The second-order valence-electron chi connectivity index (χ2n) is 7.07. The average Bonchev–Trinajstić information content (AvgIpc) is 2.78. The molecule has 2 amide bonds. The fourth-order valence-electron chi connectivity index (χ4n) is 3.20. The zero-order valence-corrected chi connectivity index (χ0v) is 16.6. The molecule has 1 heterocycles. The van der Waals surface area contributed by atoms with Crippen molar-refractivity contribution in [3.8, 4) is 0 Å². The molecule has 6 nitrogen and oxygen atoms in total. The summed E-state index contributed by atoms with van der Waals surface area (Å²) in [5.41, 5.74) is 0.258. The first-order chi connectivity index (χ1) is 14.8. The Kier molecular flexibility index (Phi) is 7.24. The molecule has 31 heavy (non-hydrogen) atoms. The Hall–Kier alpha value is -2.98. The second-order valence-corrected chi connectivity index (χ2v) is 7.07. The smallest absolute Gasteiger partial charge is 0.243 e. The quantitative estimate of drug-likeness (QED) is 0.537. The van der Waals surface area contributed by atoms with Gasteiger partial charge in [0, 0.05) is 13.1 Å². The number of nitrogens with zero attached hydrogens (tertiary/aromatic N) is 1. The first-order valence-corrected chi connectivity index (χ1v) is 9.58. The van der Waals surface area contributed by atoms with Crippen molar-refractivity contribution in [3.63, 3.8) is 0 Å². The largest absolute Gasteiger partial charge is 0.371 e. The standard InChI is InChI=1S/C21H21F4N3O3/c1-12(28-8-9-31-17(11-28)13-2-4-14(22)5-3-13)21(30)26-10-18(29)27-16-7-6-15(23)19(24)20(16)25/h2-7,12,17H,8-11H2,1H3,(H,26,30)(H,27,29). The van der Waals surface area contributed by atoms with Crippen molar-refractivity contribution in [2.24, 2.45) is 0 Å². The van der Waals surface area contributed by atoms with Crippen LogP contribution < -0.4 is 10.6 Å². The molecule has 3 rings (SSSR count). The van der Waals surface area contributed by atoms with E-state index in [9.17, 15) is 27.2 Å².